The molecule has 0 aliphatic carbocycles. The van der Waals surface area contributed by atoms with Gasteiger partial charge in [0, 0.05) is 37.5 Å². The molecule has 0 bridgehead atoms. The van der Waals surface area contributed by atoms with Crippen molar-refractivity contribution in [2.24, 2.45) is 0 Å². The van der Waals surface area contributed by atoms with Crippen molar-refractivity contribution in [1.29, 1.82) is 0 Å². The minimum atomic E-state index is -0.328. The van der Waals surface area contributed by atoms with Gasteiger partial charge in [0.2, 0.25) is 5.91 Å². The molecule has 0 saturated heterocycles. The molecular weight excluding hydrogens is 383 g/mol. The molecule has 2 aromatic heterocycles. The highest BCUT2D eigenvalue weighted by Crippen LogP contribution is 2.18. The molecule has 7 heteroatoms. The van der Waals surface area contributed by atoms with Gasteiger partial charge in [-0.15, -0.1) is 0 Å². The van der Waals surface area contributed by atoms with Crippen molar-refractivity contribution < 1.29 is 9.18 Å². The van der Waals surface area contributed by atoms with E-state index in [1.165, 1.54) is 26.8 Å². The Labute approximate surface area is 172 Å². The van der Waals surface area contributed by atoms with E-state index in [1.54, 1.807) is 30.6 Å². The largest absolute Gasteiger partial charge is 0.352 e. The number of carbonyl (C=O) groups is 1. The number of carbonyl (C=O) groups excluding carboxylic acids is 1. The molecule has 4 aromatic rings. The first kappa shape index (κ1) is 19.6. The van der Waals surface area contributed by atoms with Crippen LogP contribution >= 0.6 is 0 Å². The van der Waals surface area contributed by atoms with Crippen LogP contribution in [0, 0.1) is 12.7 Å². The van der Waals surface area contributed by atoms with E-state index in [4.69, 9.17) is 0 Å². The van der Waals surface area contributed by atoms with E-state index in [0.29, 0.717) is 17.8 Å². The smallest absolute Gasteiger partial charge is 0.276 e. The molecule has 0 radical (unpaired) electrons. The average Bonchev–Trinajstić information content (AvgIpc) is 3.18. The van der Waals surface area contributed by atoms with Crippen LogP contribution in [0.15, 0.2) is 71.8 Å². The minimum Gasteiger partial charge on any atom is -0.352 e. The van der Waals surface area contributed by atoms with E-state index in [1.807, 2.05) is 31.2 Å². The predicted octanol–water partition coefficient (Wildman–Crippen LogP) is 3.32. The lowest BCUT2D eigenvalue weighted by Crippen LogP contribution is -2.27. The van der Waals surface area contributed by atoms with Crippen LogP contribution in [0.4, 0.5) is 4.39 Å². The summed E-state index contributed by atoms with van der Waals surface area (Å²) >= 11 is 0. The van der Waals surface area contributed by atoms with E-state index < -0.39 is 0 Å². The van der Waals surface area contributed by atoms with Gasteiger partial charge >= 0.3 is 0 Å². The molecule has 4 rings (SSSR count). The molecule has 0 saturated carbocycles. The molecule has 6 nitrogen and oxygen atoms in total. The quantitative estimate of drug-likeness (QED) is 0.536. The van der Waals surface area contributed by atoms with Crippen molar-refractivity contribution in [3.63, 3.8) is 0 Å². The van der Waals surface area contributed by atoms with Gasteiger partial charge in [0.15, 0.2) is 0 Å². The lowest BCUT2D eigenvalue weighted by Gasteiger charge is -2.08. The SMILES string of the molecule is Cc1ccc(CNC(=O)CCn2ccn3nc(-c4ccc(F)cc4)cc3c2=O)cc1. The molecule has 0 unspecified atom stereocenters. The molecular formula is C23H21FN4O2. The summed E-state index contributed by atoms with van der Waals surface area (Å²) in [7, 11) is 0. The van der Waals surface area contributed by atoms with Crippen molar-refractivity contribution >= 4 is 11.4 Å². The zero-order chi connectivity index (χ0) is 21.1. The van der Waals surface area contributed by atoms with Crippen molar-refractivity contribution in [3.8, 4) is 11.3 Å². The monoisotopic (exact) mass is 404 g/mol. The molecule has 2 aromatic carbocycles. The van der Waals surface area contributed by atoms with Crippen LogP contribution in [0.5, 0.6) is 0 Å². The number of aromatic nitrogens is 3. The number of nitrogens with zero attached hydrogens (tertiary/aromatic N) is 3. The van der Waals surface area contributed by atoms with Crippen LogP contribution < -0.4 is 10.9 Å². The molecule has 30 heavy (non-hydrogen) atoms. The fourth-order valence-corrected chi connectivity index (χ4v) is 3.18. The third-order valence-corrected chi connectivity index (χ3v) is 4.93. The van der Waals surface area contributed by atoms with Crippen molar-refractivity contribution in [2.45, 2.75) is 26.4 Å². The molecule has 0 aliphatic rings. The van der Waals surface area contributed by atoms with Crippen LogP contribution in [0.3, 0.4) is 0 Å². The summed E-state index contributed by atoms with van der Waals surface area (Å²) in [6, 6.07) is 15.6. The molecule has 152 valence electrons. The molecule has 2 heterocycles. The first-order valence-corrected chi connectivity index (χ1v) is 9.66. The fraction of sp³-hybridized carbons (Fsp3) is 0.174. The van der Waals surface area contributed by atoms with Gasteiger partial charge in [-0.25, -0.2) is 8.91 Å². The molecule has 0 spiro atoms. The van der Waals surface area contributed by atoms with E-state index in [9.17, 15) is 14.0 Å². The maximum absolute atomic E-state index is 13.1. The third-order valence-electron chi connectivity index (χ3n) is 4.93. The molecule has 1 N–H and O–H groups in total. The standard InChI is InChI=1S/C23H21FN4O2/c1-16-2-4-17(5-3-16)15-25-22(29)10-11-27-12-13-28-21(23(27)30)14-20(26-28)18-6-8-19(24)9-7-18/h2-9,12-14H,10-11,15H2,1H3,(H,25,29). The zero-order valence-corrected chi connectivity index (χ0v) is 16.5. The first-order chi connectivity index (χ1) is 14.5. The number of amides is 1. The second-order valence-electron chi connectivity index (χ2n) is 7.18. The van der Waals surface area contributed by atoms with Gasteiger partial charge in [-0.1, -0.05) is 29.8 Å². The molecule has 1 amide bonds. The highest BCUT2D eigenvalue weighted by molar-refractivity contribution is 5.75. The summed E-state index contributed by atoms with van der Waals surface area (Å²) in [6.45, 7) is 2.74. The second kappa shape index (κ2) is 8.32. The number of fused-ring (bicyclic) bond motifs is 1. The number of hydrogen-bond acceptors (Lipinski definition) is 3. The van der Waals surface area contributed by atoms with Gasteiger partial charge in [-0.2, -0.15) is 5.10 Å². The maximum Gasteiger partial charge on any atom is 0.276 e. The topological polar surface area (TPSA) is 68.4 Å². The fourth-order valence-electron chi connectivity index (χ4n) is 3.18. The number of halogens is 1. The van der Waals surface area contributed by atoms with E-state index in [2.05, 4.69) is 10.4 Å². The Kier molecular flexibility index (Phi) is 5.43. The number of hydrogen-bond donors (Lipinski definition) is 1. The van der Waals surface area contributed by atoms with Gasteiger partial charge in [-0.3, -0.25) is 9.59 Å². The average molecular weight is 404 g/mol. The number of benzene rings is 2. The third kappa shape index (κ3) is 4.30. The van der Waals surface area contributed by atoms with Crippen molar-refractivity contribution in [1.82, 2.24) is 19.5 Å². The van der Waals surface area contributed by atoms with Crippen molar-refractivity contribution in [2.75, 3.05) is 0 Å². The summed E-state index contributed by atoms with van der Waals surface area (Å²) in [5.74, 6) is -0.451. The molecule has 0 atom stereocenters. The van der Waals surface area contributed by atoms with Gasteiger partial charge in [0.25, 0.3) is 5.56 Å². The van der Waals surface area contributed by atoms with Crippen LogP contribution in [-0.2, 0) is 17.9 Å². The molecule has 0 fully saturated rings. The van der Waals surface area contributed by atoms with Crippen LogP contribution in [-0.4, -0.2) is 20.1 Å². The minimum absolute atomic E-state index is 0.122. The summed E-state index contributed by atoms with van der Waals surface area (Å²) in [4.78, 5) is 24.9. The van der Waals surface area contributed by atoms with Crippen LogP contribution in [0.25, 0.3) is 16.8 Å². The lowest BCUT2D eigenvalue weighted by atomic mass is 10.1. The molecule has 0 aliphatic heterocycles. The Hall–Kier alpha value is -3.74. The maximum atomic E-state index is 13.1. The number of aryl methyl sites for hydroxylation is 2. The predicted molar refractivity (Wildman–Crippen MR) is 112 cm³/mol. The Morgan fingerprint density at radius 1 is 1.07 bits per heavy atom. The highest BCUT2D eigenvalue weighted by Gasteiger charge is 2.10. The summed E-state index contributed by atoms with van der Waals surface area (Å²) in [5, 5.41) is 7.25. The Bertz CT molecular complexity index is 1240. The van der Waals surface area contributed by atoms with Gasteiger partial charge in [-0.05, 0) is 42.8 Å². The zero-order valence-electron chi connectivity index (χ0n) is 16.5. The number of rotatable bonds is 6. The van der Waals surface area contributed by atoms with Gasteiger partial charge in [0.1, 0.15) is 11.3 Å². The van der Waals surface area contributed by atoms with E-state index >= 15 is 0 Å². The summed E-state index contributed by atoms with van der Waals surface area (Å²) in [5.41, 5.74) is 3.67. The van der Waals surface area contributed by atoms with E-state index in [-0.39, 0.29) is 30.2 Å². The lowest BCUT2D eigenvalue weighted by molar-refractivity contribution is -0.121. The second-order valence-corrected chi connectivity index (χ2v) is 7.18. The Balaban J connectivity index is 1.43. The van der Waals surface area contributed by atoms with Gasteiger partial charge in [0.05, 0.1) is 5.69 Å². The van der Waals surface area contributed by atoms with E-state index in [0.717, 1.165) is 11.1 Å². The summed E-state index contributed by atoms with van der Waals surface area (Å²) in [6.07, 6.45) is 3.49. The highest BCUT2D eigenvalue weighted by atomic mass is 19.1. The van der Waals surface area contributed by atoms with Crippen molar-refractivity contribution in [3.05, 3.63) is 94.3 Å². The Morgan fingerprint density at radius 2 is 1.80 bits per heavy atom. The van der Waals surface area contributed by atoms with Crippen LogP contribution in [0.1, 0.15) is 17.5 Å². The Morgan fingerprint density at radius 3 is 2.53 bits per heavy atom. The van der Waals surface area contributed by atoms with Crippen LogP contribution in [0.2, 0.25) is 0 Å². The normalized spacial score (nSPS) is 11.0. The van der Waals surface area contributed by atoms with Gasteiger partial charge < -0.3 is 9.88 Å². The first-order valence-electron chi connectivity index (χ1n) is 9.66. The number of nitrogens with one attached hydrogen (secondary N) is 1. The summed E-state index contributed by atoms with van der Waals surface area (Å²) < 4.78 is 16.1.